The van der Waals surface area contributed by atoms with Crippen LogP contribution >= 0.6 is 24.8 Å². The highest BCUT2D eigenvalue weighted by Crippen LogP contribution is 2.07. The Hall–Kier alpha value is -0.0300. The monoisotopic (exact) mass is 313 g/mol. The van der Waals surface area contributed by atoms with Crippen LogP contribution in [0.5, 0.6) is 0 Å². The molecule has 0 aromatic rings. The van der Waals surface area contributed by atoms with Gasteiger partial charge in [0.2, 0.25) is 5.91 Å². The number of piperidine rings is 1. The molecule has 0 saturated carbocycles. The van der Waals surface area contributed by atoms with Crippen molar-refractivity contribution in [1.82, 2.24) is 15.5 Å². The molecular weight excluding hydrogens is 285 g/mol. The van der Waals surface area contributed by atoms with Gasteiger partial charge in [-0.1, -0.05) is 20.8 Å². The van der Waals surface area contributed by atoms with Crippen LogP contribution in [0.3, 0.4) is 0 Å². The highest BCUT2D eigenvalue weighted by molar-refractivity contribution is 5.85. The number of rotatable bonds is 6. The zero-order valence-corrected chi connectivity index (χ0v) is 13.9. The fraction of sp³-hybridized carbons (Fsp3) is 0.923. The van der Waals surface area contributed by atoms with E-state index >= 15 is 0 Å². The van der Waals surface area contributed by atoms with Gasteiger partial charge >= 0.3 is 0 Å². The van der Waals surface area contributed by atoms with E-state index in [2.05, 4.69) is 36.3 Å². The molecule has 0 aromatic carbocycles. The minimum absolute atomic E-state index is 0. The number of halogens is 2. The van der Waals surface area contributed by atoms with Crippen LogP contribution in [0.2, 0.25) is 0 Å². The van der Waals surface area contributed by atoms with E-state index in [0.717, 1.165) is 45.4 Å². The molecule has 0 aliphatic carbocycles. The Bertz CT molecular complexity index is 232. The molecule has 1 rings (SSSR count). The van der Waals surface area contributed by atoms with E-state index in [1.807, 2.05) is 0 Å². The van der Waals surface area contributed by atoms with Crippen LogP contribution in [0.25, 0.3) is 0 Å². The van der Waals surface area contributed by atoms with Gasteiger partial charge in [-0.15, -0.1) is 24.8 Å². The predicted molar refractivity (Wildman–Crippen MR) is 85.5 cm³/mol. The number of hydrogen-bond acceptors (Lipinski definition) is 3. The molecule has 6 heteroatoms. The van der Waals surface area contributed by atoms with Crippen LogP contribution < -0.4 is 10.6 Å². The van der Waals surface area contributed by atoms with Crippen molar-refractivity contribution >= 4 is 30.7 Å². The molecule has 0 spiro atoms. The average molecular weight is 314 g/mol. The Morgan fingerprint density at radius 3 is 2.37 bits per heavy atom. The van der Waals surface area contributed by atoms with Gasteiger partial charge in [0, 0.05) is 12.6 Å². The first-order chi connectivity index (χ1) is 8.22. The molecule has 0 aromatic heterocycles. The smallest absolute Gasteiger partial charge is 0.237 e. The SMILES string of the molecule is CCC(C(=O)N[C@H]1CCCNC1)N(CC)CC.Cl.Cl. The Labute approximate surface area is 129 Å². The first-order valence-electron chi connectivity index (χ1n) is 6.98. The Morgan fingerprint density at radius 2 is 1.95 bits per heavy atom. The number of nitrogens with zero attached hydrogens (tertiary/aromatic N) is 1. The summed E-state index contributed by atoms with van der Waals surface area (Å²) < 4.78 is 0. The van der Waals surface area contributed by atoms with Gasteiger partial charge in [-0.2, -0.15) is 0 Å². The predicted octanol–water partition coefficient (Wildman–Crippen LogP) is 1.82. The molecule has 2 atom stereocenters. The van der Waals surface area contributed by atoms with Crippen molar-refractivity contribution in [3.05, 3.63) is 0 Å². The molecule has 0 radical (unpaired) electrons. The maximum absolute atomic E-state index is 12.2. The quantitative estimate of drug-likeness (QED) is 0.786. The summed E-state index contributed by atoms with van der Waals surface area (Å²) in [4.78, 5) is 14.4. The second-order valence-electron chi connectivity index (χ2n) is 4.70. The van der Waals surface area contributed by atoms with E-state index in [9.17, 15) is 4.79 Å². The third-order valence-electron chi connectivity index (χ3n) is 3.59. The molecule has 1 saturated heterocycles. The third kappa shape index (κ3) is 6.80. The molecular formula is C13H29Cl2N3O. The normalized spacial score (nSPS) is 20.1. The summed E-state index contributed by atoms with van der Waals surface area (Å²) in [5.41, 5.74) is 0. The summed E-state index contributed by atoms with van der Waals surface area (Å²) >= 11 is 0. The second-order valence-corrected chi connectivity index (χ2v) is 4.70. The van der Waals surface area contributed by atoms with Gasteiger partial charge < -0.3 is 10.6 Å². The largest absolute Gasteiger partial charge is 0.351 e. The number of hydrogen-bond donors (Lipinski definition) is 2. The zero-order chi connectivity index (χ0) is 12.7. The molecule has 2 N–H and O–H groups in total. The van der Waals surface area contributed by atoms with Gasteiger partial charge in [0.05, 0.1) is 6.04 Å². The lowest BCUT2D eigenvalue weighted by molar-refractivity contribution is -0.127. The number of nitrogens with one attached hydrogen (secondary N) is 2. The van der Waals surface area contributed by atoms with Crippen LogP contribution in [0.1, 0.15) is 40.0 Å². The van der Waals surface area contributed by atoms with E-state index in [-0.39, 0.29) is 36.8 Å². The van der Waals surface area contributed by atoms with Crippen molar-refractivity contribution < 1.29 is 4.79 Å². The summed E-state index contributed by atoms with van der Waals surface area (Å²) in [6.07, 6.45) is 3.15. The van der Waals surface area contributed by atoms with E-state index < -0.39 is 0 Å². The number of carbonyl (C=O) groups is 1. The van der Waals surface area contributed by atoms with Crippen molar-refractivity contribution in [1.29, 1.82) is 0 Å². The fourth-order valence-corrected chi connectivity index (χ4v) is 2.55. The topological polar surface area (TPSA) is 44.4 Å². The summed E-state index contributed by atoms with van der Waals surface area (Å²) in [6.45, 7) is 10.2. The molecule has 19 heavy (non-hydrogen) atoms. The first kappa shape index (κ1) is 21.3. The molecule has 1 heterocycles. The van der Waals surface area contributed by atoms with Gasteiger partial charge in [0.15, 0.2) is 0 Å². The zero-order valence-electron chi connectivity index (χ0n) is 12.3. The van der Waals surface area contributed by atoms with E-state index in [1.54, 1.807) is 0 Å². The van der Waals surface area contributed by atoms with Crippen molar-refractivity contribution in [2.45, 2.75) is 52.1 Å². The minimum Gasteiger partial charge on any atom is -0.351 e. The summed E-state index contributed by atoms with van der Waals surface area (Å²) in [7, 11) is 0. The molecule has 1 aliphatic rings. The fourth-order valence-electron chi connectivity index (χ4n) is 2.55. The van der Waals surface area contributed by atoms with E-state index in [0.29, 0.717) is 6.04 Å². The molecule has 1 aliphatic heterocycles. The standard InChI is InChI=1S/C13H27N3O.2ClH/c1-4-12(16(5-2)6-3)13(17)15-11-8-7-9-14-10-11;;/h11-12,14H,4-10H2,1-3H3,(H,15,17);2*1H/t11-,12?;;/m0../s1. The average Bonchev–Trinajstić information content (AvgIpc) is 2.36. The van der Waals surface area contributed by atoms with Crippen LogP contribution in [-0.2, 0) is 4.79 Å². The maximum Gasteiger partial charge on any atom is 0.237 e. The maximum atomic E-state index is 12.2. The highest BCUT2D eigenvalue weighted by atomic mass is 35.5. The van der Waals surface area contributed by atoms with Crippen molar-refractivity contribution in [3.63, 3.8) is 0 Å². The first-order valence-corrected chi connectivity index (χ1v) is 6.98. The van der Waals surface area contributed by atoms with E-state index in [4.69, 9.17) is 0 Å². The Morgan fingerprint density at radius 1 is 1.32 bits per heavy atom. The number of likely N-dealkylation sites (N-methyl/N-ethyl adjacent to an activating group) is 1. The summed E-state index contributed by atoms with van der Waals surface area (Å²) in [5.74, 6) is 0.199. The lowest BCUT2D eigenvalue weighted by Gasteiger charge is -2.31. The van der Waals surface area contributed by atoms with Crippen molar-refractivity contribution in [2.75, 3.05) is 26.2 Å². The third-order valence-corrected chi connectivity index (χ3v) is 3.59. The second kappa shape index (κ2) is 11.8. The molecule has 4 nitrogen and oxygen atoms in total. The van der Waals surface area contributed by atoms with E-state index in [1.165, 1.54) is 0 Å². The molecule has 1 fully saturated rings. The van der Waals surface area contributed by atoms with Gasteiger partial charge in [-0.3, -0.25) is 9.69 Å². The lowest BCUT2D eigenvalue weighted by Crippen LogP contribution is -2.52. The molecule has 1 unspecified atom stereocenters. The summed E-state index contributed by atoms with van der Waals surface area (Å²) in [6, 6.07) is 0.354. The highest BCUT2D eigenvalue weighted by Gasteiger charge is 2.24. The molecule has 1 amide bonds. The lowest BCUT2D eigenvalue weighted by atomic mass is 10.1. The van der Waals surface area contributed by atoms with Crippen LogP contribution in [0.4, 0.5) is 0 Å². The molecule has 0 bridgehead atoms. The van der Waals surface area contributed by atoms with Gasteiger partial charge in [0.25, 0.3) is 0 Å². The van der Waals surface area contributed by atoms with Crippen LogP contribution in [-0.4, -0.2) is 49.1 Å². The number of amides is 1. The van der Waals surface area contributed by atoms with Gasteiger partial charge in [-0.25, -0.2) is 0 Å². The Kier molecular flexibility index (Phi) is 13.2. The number of carbonyl (C=O) groups excluding carboxylic acids is 1. The van der Waals surface area contributed by atoms with Gasteiger partial charge in [-0.05, 0) is 38.9 Å². The van der Waals surface area contributed by atoms with Crippen molar-refractivity contribution in [3.8, 4) is 0 Å². The summed E-state index contributed by atoms with van der Waals surface area (Å²) in [5, 5.41) is 6.50. The van der Waals surface area contributed by atoms with Gasteiger partial charge in [0.1, 0.15) is 0 Å². The van der Waals surface area contributed by atoms with Crippen LogP contribution in [0.15, 0.2) is 0 Å². The minimum atomic E-state index is 0. The molecule has 116 valence electrons. The van der Waals surface area contributed by atoms with Crippen molar-refractivity contribution in [2.24, 2.45) is 0 Å². The Balaban J connectivity index is 0. The van der Waals surface area contributed by atoms with Crippen LogP contribution in [0, 0.1) is 0 Å².